The predicted octanol–water partition coefficient (Wildman–Crippen LogP) is 0.306. The fourth-order valence-corrected chi connectivity index (χ4v) is 4.56. The van der Waals surface area contributed by atoms with Gasteiger partial charge in [-0.25, -0.2) is 8.42 Å². The van der Waals surface area contributed by atoms with Gasteiger partial charge in [0.2, 0.25) is 5.91 Å². The number of rotatable bonds is 2. The second-order valence-corrected chi connectivity index (χ2v) is 9.09. The molecular weight excluding hydrogens is 272 g/mol. The Bertz CT molecular complexity index is 414. The third kappa shape index (κ3) is 3.61. The smallest absolute Gasteiger partial charge is 0.241 e. The van der Waals surface area contributed by atoms with E-state index in [2.05, 4.69) is 0 Å². The van der Waals surface area contributed by atoms with E-state index in [1.807, 2.05) is 20.8 Å². The van der Waals surface area contributed by atoms with E-state index in [9.17, 15) is 13.2 Å². The summed E-state index contributed by atoms with van der Waals surface area (Å²) in [7, 11) is -3.27. The molecule has 0 aliphatic carbocycles. The summed E-state index contributed by atoms with van der Waals surface area (Å²) in [4.78, 5) is 13.8. The predicted molar refractivity (Wildman–Crippen MR) is 75.1 cm³/mol. The topological polar surface area (TPSA) is 80.5 Å². The summed E-state index contributed by atoms with van der Waals surface area (Å²) in [6.45, 7) is 6.09. The molecule has 106 valence electrons. The number of carbonyl (C=O) groups is 1. The van der Waals surface area contributed by atoms with Crippen LogP contribution in [0.4, 0.5) is 0 Å². The van der Waals surface area contributed by atoms with Gasteiger partial charge >= 0.3 is 0 Å². The van der Waals surface area contributed by atoms with Crippen LogP contribution in [0.25, 0.3) is 0 Å². The fourth-order valence-electron chi connectivity index (χ4n) is 1.74. The minimum absolute atomic E-state index is 0.266. The van der Waals surface area contributed by atoms with Crippen molar-refractivity contribution in [2.75, 3.05) is 24.3 Å². The van der Waals surface area contributed by atoms with Crippen molar-refractivity contribution in [2.24, 2.45) is 11.1 Å². The van der Waals surface area contributed by atoms with Crippen LogP contribution in [0.2, 0.25) is 0 Å². The average Bonchev–Trinajstić information content (AvgIpc) is 2.24. The molecule has 18 heavy (non-hydrogen) atoms. The Balaban J connectivity index is 2.95. The molecular formula is C11H22N2O3S2. The Morgan fingerprint density at radius 1 is 1.44 bits per heavy atom. The van der Waals surface area contributed by atoms with Gasteiger partial charge in [-0.15, -0.1) is 0 Å². The zero-order valence-electron chi connectivity index (χ0n) is 11.3. The van der Waals surface area contributed by atoms with Crippen LogP contribution in [0.3, 0.4) is 0 Å². The molecule has 5 nitrogen and oxygen atoms in total. The quantitative estimate of drug-likeness (QED) is 0.792. The first kappa shape index (κ1) is 15.8. The van der Waals surface area contributed by atoms with Crippen molar-refractivity contribution in [2.45, 2.75) is 32.2 Å². The van der Waals surface area contributed by atoms with Gasteiger partial charge in [0.1, 0.15) is 5.37 Å². The monoisotopic (exact) mass is 294 g/mol. The van der Waals surface area contributed by atoms with Crippen LogP contribution < -0.4 is 5.73 Å². The Hall–Kier alpha value is -0.270. The zero-order chi connectivity index (χ0) is 14.1. The van der Waals surface area contributed by atoms with Gasteiger partial charge in [0.25, 0.3) is 0 Å². The molecule has 0 aromatic heterocycles. The molecule has 2 atom stereocenters. The number of thioether (sulfide) groups is 1. The lowest BCUT2D eigenvalue weighted by atomic mass is 9.86. The van der Waals surface area contributed by atoms with Crippen molar-refractivity contribution >= 4 is 27.5 Å². The molecule has 2 unspecified atom stereocenters. The van der Waals surface area contributed by atoms with Gasteiger partial charge in [-0.05, 0) is 5.41 Å². The van der Waals surface area contributed by atoms with Gasteiger partial charge in [-0.3, -0.25) is 4.79 Å². The average molecular weight is 294 g/mol. The van der Waals surface area contributed by atoms with Crippen LogP contribution in [0, 0.1) is 5.41 Å². The van der Waals surface area contributed by atoms with Crippen LogP contribution in [0.5, 0.6) is 0 Å². The highest BCUT2D eigenvalue weighted by Gasteiger charge is 2.39. The molecule has 7 heteroatoms. The molecule has 0 bridgehead atoms. The van der Waals surface area contributed by atoms with Crippen molar-refractivity contribution in [3.63, 3.8) is 0 Å². The van der Waals surface area contributed by atoms with Crippen LogP contribution >= 0.6 is 11.8 Å². The minimum Gasteiger partial charge on any atom is -0.323 e. The molecule has 0 aromatic carbocycles. The first-order valence-electron chi connectivity index (χ1n) is 5.88. The summed E-state index contributed by atoms with van der Waals surface area (Å²) in [6, 6.07) is -0.676. The van der Waals surface area contributed by atoms with E-state index in [1.165, 1.54) is 11.2 Å². The van der Waals surface area contributed by atoms with Gasteiger partial charge in [-0.2, -0.15) is 11.8 Å². The number of carbonyl (C=O) groups excluding carboxylic acids is 1. The third-order valence-corrected chi connectivity index (χ3v) is 5.70. The minimum atomic E-state index is -3.27. The van der Waals surface area contributed by atoms with Crippen LogP contribution in [0.15, 0.2) is 0 Å². The zero-order valence-corrected chi connectivity index (χ0v) is 13.0. The second kappa shape index (κ2) is 5.38. The van der Waals surface area contributed by atoms with E-state index in [0.29, 0.717) is 12.3 Å². The molecule has 1 saturated heterocycles. The highest BCUT2D eigenvalue weighted by Crippen LogP contribution is 2.25. The van der Waals surface area contributed by atoms with E-state index in [1.54, 1.807) is 11.8 Å². The van der Waals surface area contributed by atoms with Crippen molar-refractivity contribution in [1.29, 1.82) is 0 Å². The second-order valence-electron chi connectivity index (χ2n) is 5.73. The van der Waals surface area contributed by atoms with Crippen molar-refractivity contribution in [1.82, 2.24) is 4.90 Å². The largest absolute Gasteiger partial charge is 0.323 e. The number of nitrogens with two attached hydrogens (primary N) is 1. The maximum Gasteiger partial charge on any atom is 0.241 e. The summed E-state index contributed by atoms with van der Waals surface area (Å²) in [5, 5.41) is -0.739. The van der Waals surface area contributed by atoms with Crippen LogP contribution in [-0.4, -0.2) is 54.9 Å². The number of sulfone groups is 1. The molecule has 1 rings (SSSR count). The summed E-state index contributed by atoms with van der Waals surface area (Å²) >= 11 is 1.56. The van der Waals surface area contributed by atoms with Gasteiger partial charge in [0, 0.05) is 24.3 Å². The van der Waals surface area contributed by atoms with Crippen molar-refractivity contribution in [3.8, 4) is 0 Å². The van der Waals surface area contributed by atoms with Crippen molar-refractivity contribution in [3.05, 3.63) is 0 Å². The van der Waals surface area contributed by atoms with Gasteiger partial charge in [-0.1, -0.05) is 20.8 Å². The fraction of sp³-hybridized carbons (Fsp3) is 0.909. The summed E-state index contributed by atoms with van der Waals surface area (Å²) < 4.78 is 23.5. The number of nitrogens with zero attached hydrogens (tertiary/aromatic N) is 1. The Morgan fingerprint density at radius 3 is 2.44 bits per heavy atom. The highest BCUT2D eigenvalue weighted by molar-refractivity contribution is 8.00. The van der Waals surface area contributed by atoms with E-state index in [-0.39, 0.29) is 11.3 Å². The SMILES string of the molecule is CC(C)(C)C(N)C(=O)N1CCSCC1S(C)(=O)=O. The van der Waals surface area contributed by atoms with Crippen LogP contribution in [0.1, 0.15) is 20.8 Å². The van der Waals surface area contributed by atoms with Gasteiger partial charge in [0.15, 0.2) is 9.84 Å². The van der Waals surface area contributed by atoms with E-state index >= 15 is 0 Å². The Labute approximate surface area is 113 Å². The molecule has 1 aliphatic heterocycles. The molecule has 0 saturated carbocycles. The first-order chi connectivity index (χ1) is 8.05. The summed E-state index contributed by atoms with van der Waals surface area (Å²) in [5.74, 6) is 0.925. The number of hydrogen-bond acceptors (Lipinski definition) is 5. The molecule has 2 N–H and O–H groups in total. The maximum absolute atomic E-state index is 12.3. The normalized spacial score (nSPS) is 23.8. The van der Waals surface area contributed by atoms with E-state index < -0.39 is 21.3 Å². The lowest BCUT2D eigenvalue weighted by molar-refractivity contribution is -0.135. The number of hydrogen-bond donors (Lipinski definition) is 1. The van der Waals surface area contributed by atoms with Gasteiger partial charge in [0.05, 0.1) is 6.04 Å². The lowest BCUT2D eigenvalue weighted by Gasteiger charge is -2.38. The highest BCUT2D eigenvalue weighted by atomic mass is 32.2. The molecule has 1 aliphatic rings. The standard InChI is InChI=1S/C11H22N2O3S2/c1-11(2,3)9(12)10(14)13-5-6-17-7-8(13)18(4,15)16/h8-9H,5-7,12H2,1-4H3. The lowest BCUT2D eigenvalue weighted by Crippen LogP contribution is -2.57. The molecule has 1 amide bonds. The molecule has 1 fully saturated rings. The first-order valence-corrected chi connectivity index (χ1v) is 8.98. The number of amides is 1. The Kier molecular flexibility index (Phi) is 4.72. The summed E-state index contributed by atoms with van der Waals surface area (Å²) in [5.41, 5.74) is 5.57. The third-order valence-electron chi connectivity index (χ3n) is 3.06. The van der Waals surface area contributed by atoms with Gasteiger partial charge < -0.3 is 10.6 Å². The van der Waals surface area contributed by atoms with Crippen LogP contribution in [-0.2, 0) is 14.6 Å². The van der Waals surface area contributed by atoms with E-state index in [0.717, 1.165) is 5.75 Å². The Morgan fingerprint density at radius 2 is 2.00 bits per heavy atom. The molecule has 0 aromatic rings. The molecule has 0 radical (unpaired) electrons. The van der Waals surface area contributed by atoms with Crippen molar-refractivity contribution < 1.29 is 13.2 Å². The molecule has 0 spiro atoms. The summed E-state index contributed by atoms with van der Waals surface area (Å²) in [6.07, 6.45) is 1.17. The molecule has 1 heterocycles. The van der Waals surface area contributed by atoms with E-state index in [4.69, 9.17) is 5.73 Å². The maximum atomic E-state index is 12.3.